The molecule has 1 aromatic rings. The van der Waals surface area contributed by atoms with E-state index in [1.54, 1.807) is 12.1 Å². The van der Waals surface area contributed by atoms with E-state index in [1.807, 2.05) is 6.07 Å². The van der Waals surface area contributed by atoms with Gasteiger partial charge in [-0.2, -0.15) is 0 Å². The van der Waals surface area contributed by atoms with Crippen LogP contribution in [0.1, 0.15) is 10.4 Å². The molecule has 21 heavy (non-hydrogen) atoms. The quantitative estimate of drug-likeness (QED) is 0.753. The first-order valence-corrected chi connectivity index (χ1v) is 7.81. The van der Waals surface area contributed by atoms with Gasteiger partial charge >= 0.3 is 5.97 Å². The predicted molar refractivity (Wildman–Crippen MR) is 84.9 cm³/mol. The number of hydrogen-bond acceptors (Lipinski definition) is 5. The van der Waals surface area contributed by atoms with Crippen molar-refractivity contribution in [1.82, 2.24) is 9.80 Å². The van der Waals surface area contributed by atoms with E-state index in [9.17, 15) is 4.79 Å². The van der Waals surface area contributed by atoms with E-state index < -0.39 is 0 Å². The first-order chi connectivity index (χ1) is 10.1. The maximum Gasteiger partial charge on any atom is 0.341 e. The van der Waals surface area contributed by atoms with Crippen LogP contribution in [-0.4, -0.2) is 69.3 Å². The van der Waals surface area contributed by atoms with Crippen molar-refractivity contribution in [3.05, 3.63) is 28.2 Å². The Labute approximate surface area is 133 Å². The molecule has 1 fully saturated rings. The number of piperazine rings is 1. The largest absolute Gasteiger partial charge is 0.491 e. The van der Waals surface area contributed by atoms with Crippen molar-refractivity contribution in [3.8, 4) is 5.75 Å². The summed E-state index contributed by atoms with van der Waals surface area (Å²) in [6.45, 7) is 5.73. The molecule has 5 nitrogen and oxygen atoms in total. The van der Waals surface area contributed by atoms with Crippen LogP contribution in [0, 0.1) is 0 Å². The van der Waals surface area contributed by atoms with Gasteiger partial charge < -0.3 is 14.4 Å². The molecule has 0 unspecified atom stereocenters. The Morgan fingerprint density at radius 1 is 1.29 bits per heavy atom. The normalized spacial score (nSPS) is 16.7. The van der Waals surface area contributed by atoms with Crippen LogP contribution in [-0.2, 0) is 4.74 Å². The lowest BCUT2D eigenvalue weighted by Gasteiger charge is -2.32. The molecule has 1 heterocycles. The molecule has 0 radical (unpaired) electrons. The topological polar surface area (TPSA) is 42.0 Å². The van der Waals surface area contributed by atoms with Crippen LogP contribution in [0.2, 0.25) is 0 Å². The molecule has 0 atom stereocenters. The monoisotopic (exact) mass is 356 g/mol. The summed E-state index contributed by atoms with van der Waals surface area (Å²) >= 11 is 3.35. The van der Waals surface area contributed by atoms with Crippen molar-refractivity contribution < 1.29 is 14.3 Å². The van der Waals surface area contributed by atoms with Crippen LogP contribution < -0.4 is 4.74 Å². The Kier molecular flexibility index (Phi) is 6.02. The van der Waals surface area contributed by atoms with Crippen LogP contribution >= 0.6 is 15.9 Å². The van der Waals surface area contributed by atoms with Gasteiger partial charge in [-0.3, -0.25) is 4.90 Å². The second-order valence-corrected chi connectivity index (χ2v) is 6.04. The van der Waals surface area contributed by atoms with Gasteiger partial charge in [-0.1, -0.05) is 15.9 Å². The van der Waals surface area contributed by atoms with Gasteiger partial charge in [0.2, 0.25) is 0 Å². The zero-order valence-electron chi connectivity index (χ0n) is 12.5. The Hall–Kier alpha value is -1.11. The second kappa shape index (κ2) is 7.77. The Bertz CT molecular complexity index is 488. The van der Waals surface area contributed by atoms with Gasteiger partial charge in [-0.15, -0.1) is 0 Å². The number of ether oxygens (including phenoxy) is 2. The smallest absolute Gasteiger partial charge is 0.341 e. The summed E-state index contributed by atoms with van der Waals surface area (Å²) in [6, 6.07) is 5.37. The SMILES string of the molecule is COC(=O)c1cc(Br)ccc1OCCN1CCN(C)CC1. The standard InChI is InChI=1S/C15H21BrN2O3/c1-17-5-7-18(8-6-17)9-10-21-14-4-3-12(16)11-13(14)15(19)20-2/h3-4,11H,5-10H2,1-2H3. The lowest BCUT2D eigenvalue weighted by molar-refractivity contribution is 0.0594. The number of carbonyl (C=O) groups is 1. The molecule has 0 bridgehead atoms. The number of hydrogen-bond donors (Lipinski definition) is 0. The minimum absolute atomic E-state index is 0.383. The minimum Gasteiger partial charge on any atom is -0.491 e. The van der Waals surface area contributed by atoms with Gasteiger partial charge in [-0.25, -0.2) is 4.79 Å². The summed E-state index contributed by atoms with van der Waals surface area (Å²) in [5, 5.41) is 0. The van der Waals surface area contributed by atoms with Gasteiger partial charge in [0.1, 0.15) is 17.9 Å². The third kappa shape index (κ3) is 4.69. The maximum atomic E-state index is 11.7. The number of likely N-dealkylation sites (N-methyl/N-ethyl adjacent to an activating group) is 1. The number of methoxy groups -OCH3 is 1. The summed E-state index contributed by atoms with van der Waals surface area (Å²) in [6.07, 6.45) is 0. The molecule has 1 aliphatic heterocycles. The molecule has 0 aliphatic carbocycles. The lowest BCUT2D eigenvalue weighted by atomic mass is 10.2. The third-order valence-electron chi connectivity index (χ3n) is 3.61. The predicted octanol–water partition coefficient (Wildman–Crippen LogP) is 1.86. The number of carbonyl (C=O) groups excluding carboxylic acids is 1. The van der Waals surface area contributed by atoms with E-state index in [4.69, 9.17) is 9.47 Å². The van der Waals surface area contributed by atoms with Crippen molar-refractivity contribution in [2.75, 3.05) is 53.5 Å². The minimum atomic E-state index is -0.383. The van der Waals surface area contributed by atoms with E-state index in [2.05, 4.69) is 32.8 Å². The van der Waals surface area contributed by atoms with Gasteiger partial charge in [-0.05, 0) is 25.2 Å². The maximum absolute atomic E-state index is 11.7. The second-order valence-electron chi connectivity index (χ2n) is 5.13. The molecule has 1 saturated heterocycles. The first-order valence-electron chi connectivity index (χ1n) is 7.01. The molecule has 6 heteroatoms. The summed E-state index contributed by atoms with van der Waals surface area (Å²) in [4.78, 5) is 16.4. The molecule has 0 aromatic heterocycles. The first kappa shape index (κ1) is 16.3. The summed E-state index contributed by atoms with van der Waals surface area (Å²) in [5.74, 6) is 0.185. The number of nitrogens with zero attached hydrogens (tertiary/aromatic N) is 2. The van der Waals surface area contributed by atoms with Crippen molar-refractivity contribution >= 4 is 21.9 Å². The van der Waals surface area contributed by atoms with Crippen LogP contribution in [0.15, 0.2) is 22.7 Å². The van der Waals surface area contributed by atoms with Gasteiger partial charge in [0.15, 0.2) is 0 Å². The van der Waals surface area contributed by atoms with E-state index >= 15 is 0 Å². The Morgan fingerprint density at radius 3 is 2.67 bits per heavy atom. The summed E-state index contributed by atoms with van der Waals surface area (Å²) in [7, 11) is 3.51. The molecule has 116 valence electrons. The highest BCUT2D eigenvalue weighted by Crippen LogP contribution is 2.24. The van der Waals surface area contributed by atoms with E-state index in [0.29, 0.717) is 17.9 Å². The van der Waals surface area contributed by atoms with Crippen molar-refractivity contribution in [2.24, 2.45) is 0 Å². The average Bonchev–Trinajstić information content (AvgIpc) is 2.50. The molecule has 0 amide bonds. The van der Waals surface area contributed by atoms with E-state index in [-0.39, 0.29) is 5.97 Å². The molecular weight excluding hydrogens is 336 g/mol. The van der Waals surface area contributed by atoms with Gasteiger partial charge in [0, 0.05) is 37.2 Å². The fraction of sp³-hybridized carbons (Fsp3) is 0.533. The molecule has 0 spiro atoms. The van der Waals surface area contributed by atoms with Crippen LogP contribution in [0.4, 0.5) is 0 Å². The number of benzene rings is 1. The average molecular weight is 357 g/mol. The fourth-order valence-electron chi connectivity index (χ4n) is 2.25. The third-order valence-corrected chi connectivity index (χ3v) is 4.10. The molecule has 1 aliphatic rings. The highest BCUT2D eigenvalue weighted by atomic mass is 79.9. The van der Waals surface area contributed by atoms with Gasteiger partial charge in [0.05, 0.1) is 7.11 Å². The molecule has 1 aromatic carbocycles. The number of esters is 1. The lowest BCUT2D eigenvalue weighted by Crippen LogP contribution is -2.45. The Morgan fingerprint density at radius 2 is 2.00 bits per heavy atom. The zero-order chi connectivity index (χ0) is 15.2. The van der Waals surface area contributed by atoms with Crippen molar-refractivity contribution in [1.29, 1.82) is 0 Å². The summed E-state index contributed by atoms with van der Waals surface area (Å²) < 4.78 is 11.4. The van der Waals surface area contributed by atoms with Crippen LogP contribution in [0.25, 0.3) is 0 Å². The fourth-order valence-corrected chi connectivity index (χ4v) is 2.61. The van der Waals surface area contributed by atoms with Crippen LogP contribution in [0.3, 0.4) is 0 Å². The molecule has 0 N–H and O–H groups in total. The van der Waals surface area contributed by atoms with Crippen LogP contribution in [0.5, 0.6) is 5.75 Å². The number of halogens is 1. The molecule has 2 rings (SSSR count). The number of rotatable bonds is 5. The van der Waals surface area contributed by atoms with Crippen molar-refractivity contribution in [2.45, 2.75) is 0 Å². The van der Waals surface area contributed by atoms with E-state index in [0.717, 1.165) is 37.2 Å². The highest BCUT2D eigenvalue weighted by molar-refractivity contribution is 9.10. The van der Waals surface area contributed by atoms with Crippen molar-refractivity contribution in [3.63, 3.8) is 0 Å². The summed E-state index contributed by atoms with van der Waals surface area (Å²) in [5.41, 5.74) is 0.449. The van der Waals surface area contributed by atoms with E-state index in [1.165, 1.54) is 7.11 Å². The Balaban J connectivity index is 1.89. The molecule has 0 saturated carbocycles. The van der Waals surface area contributed by atoms with Gasteiger partial charge in [0.25, 0.3) is 0 Å². The molecular formula is C15H21BrN2O3. The highest BCUT2D eigenvalue weighted by Gasteiger charge is 2.16. The zero-order valence-corrected chi connectivity index (χ0v) is 14.1.